The van der Waals surface area contributed by atoms with E-state index in [1.807, 2.05) is 73.4 Å². The first-order valence-electron chi connectivity index (χ1n) is 9.66. The third-order valence-electron chi connectivity index (χ3n) is 5.20. The van der Waals surface area contributed by atoms with E-state index in [1.54, 1.807) is 10.9 Å². The summed E-state index contributed by atoms with van der Waals surface area (Å²) in [4.78, 5) is 19.1. The van der Waals surface area contributed by atoms with Crippen molar-refractivity contribution in [2.75, 3.05) is 50.1 Å². The molecule has 150 valence electrons. The molecule has 3 aromatic rings. The summed E-state index contributed by atoms with van der Waals surface area (Å²) in [5.74, 6) is 0.852. The number of rotatable bonds is 4. The highest BCUT2D eigenvalue weighted by Gasteiger charge is 2.25. The second-order valence-corrected chi connectivity index (χ2v) is 7.35. The molecule has 1 saturated heterocycles. The van der Waals surface area contributed by atoms with Crippen molar-refractivity contribution in [3.63, 3.8) is 0 Å². The van der Waals surface area contributed by atoms with Crippen LogP contribution in [0, 0.1) is 0 Å². The first-order chi connectivity index (χ1) is 14.0. The van der Waals surface area contributed by atoms with Crippen LogP contribution in [0.15, 0.2) is 48.7 Å². The maximum Gasteiger partial charge on any atom is 0.272 e. The number of nitrogens with zero attached hydrogens (tertiary/aromatic N) is 7. The van der Waals surface area contributed by atoms with Crippen LogP contribution in [0.3, 0.4) is 0 Å². The van der Waals surface area contributed by atoms with E-state index in [9.17, 15) is 4.79 Å². The minimum atomic E-state index is 0.00922. The van der Waals surface area contributed by atoms with Crippen LogP contribution in [0.25, 0.3) is 11.3 Å². The fraction of sp³-hybridized carbons (Fsp3) is 0.333. The standard InChI is InChI=1S/C21H25N7O/c1-25(2)17-13-20(23-22-15-17)27-9-11-28(12-10-27)21(29)19-14-18(24-26(19)3)16-7-5-4-6-8-16/h4-8,13-15H,9-12H2,1-3H3. The Morgan fingerprint density at radius 2 is 1.76 bits per heavy atom. The average molecular weight is 391 g/mol. The number of amides is 1. The van der Waals surface area contributed by atoms with E-state index in [-0.39, 0.29) is 5.91 Å². The van der Waals surface area contributed by atoms with Crippen molar-refractivity contribution < 1.29 is 4.79 Å². The Hall–Kier alpha value is -3.42. The van der Waals surface area contributed by atoms with Crippen LogP contribution in [0.1, 0.15) is 10.5 Å². The molecule has 4 rings (SSSR count). The number of piperazine rings is 1. The van der Waals surface area contributed by atoms with Crippen molar-refractivity contribution in [1.82, 2.24) is 24.9 Å². The molecule has 1 amide bonds. The molecule has 0 radical (unpaired) electrons. The van der Waals surface area contributed by atoms with E-state index in [4.69, 9.17) is 0 Å². The van der Waals surface area contributed by atoms with Crippen molar-refractivity contribution in [1.29, 1.82) is 0 Å². The third kappa shape index (κ3) is 3.91. The van der Waals surface area contributed by atoms with E-state index < -0.39 is 0 Å². The molecular weight excluding hydrogens is 366 g/mol. The highest BCUT2D eigenvalue weighted by Crippen LogP contribution is 2.21. The monoisotopic (exact) mass is 391 g/mol. The summed E-state index contributed by atoms with van der Waals surface area (Å²) in [7, 11) is 5.78. The van der Waals surface area contributed by atoms with Gasteiger partial charge in [0, 0.05) is 59.0 Å². The Balaban J connectivity index is 1.45. The fourth-order valence-electron chi connectivity index (χ4n) is 3.46. The Kier molecular flexibility index (Phi) is 5.16. The van der Waals surface area contributed by atoms with Gasteiger partial charge in [-0.1, -0.05) is 30.3 Å². The summed E-state index contributed by atoms with van der Waals surface area (Å²) in [6.07, 6.45) is 1.75. The second-order valence-electron chi connectivity index (χ2n) is 7.35. The van der Waals surface area contributed by atoms with Gasteiger partial charge in [0.05, 0.1) is 17.6 Å². The smallest absolute Gasteiger partial charge is 0.272 e. The van der Waals surface area contributed by atoms with Gasteiger partial charge in [0.25, 0.3) is 5.91 Å². The summed E-state index contributed by atoms with van der Waals surface area (Å²) in [6.45, 7) is 2.72. The molecule has 0 bridgehead atoms. The molecule has 0 spiro atoms. The van der Waals surface area contributed by atoms with Gasteiger partial charge in [0.1, 0.15) is 5.69 Å². The van der Waals surface area contributed by atoms with Gasteiger partial charge in [0.15, 0.2) is 5.82 Å². The zero-order valence-electron chi connectivity index (χ0n) is 17.0. The maximum atomic E-state index is 13.1. The molecule has 3 heterocycles. The van der Waals surface area contributed by atoms with E-state index in [1.165, 1.54) is 0 Å². The number of hydrogen-bond donors (Lipinski definition) is 0. The van der Waals surface area contributed by atoms with Crippen LogP contribution in [-0.2, 0) is 7.05 Å². The summed E-state index contributed by atoms with van der Waals surface area (Å²) >= 11 is 0. The first kappa shape index (κ1) is 18.9. The zero-order valence-corrected chi connectivity index (χ0v) is 17.0. The fourth-order valence-corrected chi connectivity index (χ4v) is 3.46. The van der Waals surface area contributed by atoms with Crippen LogP contribution in [0.2, 0.25) is 0 Å². The van der Waals surface area contributed by atoms with Crippen LogP contribution < -0.4 is 9.80 Å². The Bertz CT molecular complexity index is 991. The van der Waals surface area contributed by atoms with Crippen molar-refractivity contribution in [2.24, 2.45) is 7.05 Å². The number of aromatic nitrogens is 4. The molecule has 0 saturated carbocycles. The maximum absolute atomic E-state index is 13.1. The SMILES string of the molecule is CN(C)c1cnnc(N2CCN(C(=O)c3cc(-c4ccccc4)nn3C)CC2)c1. The van der Waals surface area contributed by atoms with Crippen LogP contribution in [0.4, 0.5) is 11.5 Å². The lowest BCUT2D eigenvalue weighted by Gasteiger charge is -2.35. The Labute approximate surface area is 170 Å². The lowest BCUT2D eigenvalue weighted by atomic mass is 10.1. The molecule has 0 unspecified atom stereocenters. The molecule has 1 aliphatic heterocycles. The van der Waals surface area contributed by atoms with Gasteiger partial charge in [-0.2, -0.15) is 10.2 Å². The largest absolute Gasteiger partial charge is 0.376 e. The van der Waals surface area contributed by atoms with Crippen molar-refractivity contribution >= 4 is 17.4 Å². The molecule has 1 aromatic carbocycles. The average Bonchev–Trinajstić information content (AvgIpc) is 3.15. The molecule has 1 fully saturated rings. The lowest BCUT2D eigenvalue weighted by Crippen LogP contribution is -2.49. The van der Waals surface area contributed by atoms with Gasteiger partial charge in [-0.3, -0.25) is 9.48 Å². The molecule has 0 N–H and O–H groups in total. The molecule has 8 heteroatoms. The molecule has 0 atom stereocenters. The topological polar surface area (TPSA) is 70.4 Å². The predicted molar refractivity (Wildman–Crippen MR) is 113 cm³/mol. The van der Waals surface area contributed by atoms with Gasteiger partial charge < -0.3 is 14.7 Å². The molecule has 2 aromatic heterocycles. The summed E-state index contributed by atoms with van der Waals surface area (Å²) in [6, 6.07) is 13.8. The highest BCUT2D eigenvalue weighted by atomic mass is 16.2. The van der Waals surface area contributed by atoms with E-state index in [2.05, 4.69) is 20.2 Å². The number of hydrogen-bond acceptors (Lipinski definition) is 6. The third-order valence-corrected chi connectivity index (χ3v) is 5.20. The summed E-state index contributed by atoms with van der Waals surface area (Å²) < 4.78 is 1.67. The first-order valence-corrected chi connectivity index (χ1v) is 9.66. The van der Waals surface area contributed by atoms with Gasteiger partial charge in [-0.05, 0) is 6.07 Å². The van der Waals surface area contributed by atoms with Crippen LogP contribution in [-0.4, -0.2) is 71.1 Å². The van der Waals surface area contributed by atoms with Gasteiger partial charge in [0.2, 0.25) is 0 Å². The van der Waals surface area contributed by atoms with Gasteiger partial charge in [-0.15, -0.1) is 5.10 Å². The second kappa shape index (κ2) is 7.90. The molecular formula is C21H25N7O. The number of benzene rings is 1. The number of carbonyl (C=O) groups is 1. The quantitative estimate of drug-likeness (QED) is 0.677. The summed E-state index contributed by atoms with van der Waals surface area (Å²) in [5.41, 5.74) is 3.43. The van der Waals surface area contributed by atoms with Crippen molar-refractivity contribution in [2.45, 2.75) is 0 Å². The minimum Gasteiger partial charge on any atom is -0.376 e. The number of anilines is 2. The van der Waals surface area contributed by atoms with Crippen LogP contribution >= 0.6 is 0 Å². The van der Waals surface area contributed by atoms with Crippen molar-refractivity contribution in [3.05, 3.63) is 54.4 Å². The molecule has 0 aliphatic carbocycles. The van der Waals surface area contributed by atoms with Crippen molar-refractivity contribution in [3.8, 4) is 11.3 Å². The van der Waals surface area contributed by atoms with E-state index in [0.717, 1.165) is 35.9 Å². The zero-order chi connectivity index (χ0) is 20.4. The highest BCUT2D eigenvalue weighted by molar-refractivity contribution is 5.94. The summed E-state index contributed by atoms with van der Waals surface area (Å²) in [5, 5.41) is 12.9. The van der Waals surface area contributed by atoms with E-state index in [0.29, 0.717) is 18.8 Å². The Morgan fingerprint density at radius 1 is 1.03 bits per heavy atom. The molecule has 8 nitrogen and oxygen atoms in total. The van der Waals surface area contributed by atoms with Gasteiger partial charge in [-0.25, -0.2) is 0 Å². The number of carbonyl (C=O) groups excluding carboxylic acids is 1. The van der Waals surface area contributed by atoms with E-state index >= 15 is 0 Å². The lowest BCUT2D eigenvalue weighted by molar-refractivity contribution is 0.0735. The predicted octanol–water partition coefficient (Wildman–Crippen LogP) is 1.91. The minimum absolute atomic E-state index is 0.00922. The Morgan fingerprint density at radius 3 is 2.45 bits per heavy atom. The normalized spacial score (nSPS) is 14.2. The van der Waals surface area contributed by atoms with Crippen LogP contribution in [0.5, 0.6) is 0 Å². The molecule has 1 aliphatic rings. The number of aryl methyl sites for hydroxylation is 1. The van der Waals surface area contributed by atoms with Gasteiger partial charge >= 0.3 is 0 Å². The molecule has 29 heavy (non-hydrogen) atoms.